The average Bonchev–Trinajstić information content (AvgIpc) is 3.44. The van der Waals surface area contributed by atoms with Crippen molar-refractivity contribution in [2.75, 3.05) is 12.0 Å². The van der Waals surface area contributed by atoms with E-state index in [1.807, 2.05) is 83.9 Å². The summed E-state index contributed by atoms with van der Waals surface area (Å²) < 4.78 is 5.99. The molecule has 39 heavy (non-hydrogen) atoms. The molecule has 4 aromatic carbocycles. The molecule has 0 bridgehead atoms. The van der Waals surface area contributed by atoms with Crippen LogP contribution in [-0.4, -0.2) is 35.6 Å². The van der Waals surface area contributed by atoms with Gasteiger partial charge in [0.2, 0.25) is 11.8 Å². The molecule has 7 heteroatoms. The Morgan fingerprint density at radius 3 is 2.38 bits per heavy atom. The number of anilines is 1. The van der Waals surface area contributed by atoms with E-state index in [0.29, 0.717) is 21.5 Å². The van der Waals surface area contributed by atoms with Gasteiger partial charge < -0.3 is 9.64 Å². The summed E-state index contributed by atoms with van der Waals surface area (Å²) in [5, 5.41) is 1.96. The number of ether oxygens (including phenoxy) is 1. The predicted molar refractivity (Wildman–Crippen MR) is 152 cm³/mol. The van der Waals surface area contributed by atoms with Gasteiger partial charge in [0.15, 0.2) is 5.78 Å². The summed E-state index contributed by atoms with van der Waals surface area (Å²) in [5.41, 5.74) is 2.91. The number of carbonyl (C=O) groups is 3. The van der Waals surface area contributed by atoms with Crippen molar-refractivity contribution in [2.24, 2.45) is 11.8 Å². The maximum absolute atomic E-state index is 14.2. The first-order chi connectivity index (χ1) is 19.0. The van der Waals surface area contributed by atoms with Crippen LogP contribution in [0.4, 0.5) is 5.69 Å². The van der Waals surface area contributed by atoms with Gasteiger partial charge in [-0.1, -0.05) is 54.6 Å². The maximum atomic E-state index is 14.2. The molecule has 4 atom stereocenters. The van der Waals surface area contributed by atoms with E-state index < -0.39 is 23.9 Å². The Bertz CT molecular complexity index is 1730. The lowest BCUT2D eigenvalue weighted by molar-refractivity contribution is -0.123. The third-order valence-corrected chi connectivity index (χ3v) is 8.78. The number of amides is 2. The van der Waals surface area contributed by atoms with E-state index in [2.05, 4.69) is 15.9 Å². The van der Waals surface area contributed by atoms with Gasteiger partial charge in [-0.2, -0.15) is 0 Å². The summed E-state index contributed by atoms with van der Waals surface area (Å²) >= 11 is 3.48. The lowest BCUT2D eigenvalue weighted by Gasteiger charge is -2.35. The second-order valence-electron chi connectivity index (χ2n) is 10.1. The topological polar surface area (TPSA) is 66.9 Å². The predicted octanol–water partition coefficient (Wildman–Crippen LogP) is 6.01. The zero-order valence-electron chi connectivity index (χ0n) is 21.0. The van der Waals surface area contributed by atoms with Crippen LogP contribution in [0, 0.1) is 11.8 Å². The second kappa shape index (κ2) is 8.92. The van der Waals surface area contributed by atoms with Gasteiger partial charge in [0.25, 0.3) is 0 Å². The Kier molecular flexibility index (Phi) is 5.45. The standard InChI is InChI=1S/C32H23BrN2O4/c1-39-25-13-11-21(17-24(25)33)30(36)29-27-26(28-23-9-5-4-7-19(23)14-15-34(28)29)31(37)35(32(27)38)22-12-10-18-6-2-3-8-20(18)16-22/h2-17,26-29H,1H3/t26-,27+,28+,29+/m0/s1. The number of nitrogens with zero attached hydrogens (tertiary/aromatic N) is 2. The van der Waals surface area contributed by atoms with Crippen LogP contribution < -0.4 is 9.64 Å². The monoisotopic (exact) mass is 578 g/mol. The maximum Gasteiger partial charge on any atom is 0.240 e. The fourth-order valence-electron chi connectivity index (χ4n) is 6.42. The molecule has 3 aliphatic heterocycles. The molecule has 4 aromatic rings. The minimum absolute atomic E-state index is 0.207. The molecule has 192 valence electrons. The van der Waals surface area contributed by atoms with E-state index in [4.69, 9.17) is 4.74 Å². The molecule has 3 aliphatic rings. The summed E-state index contributed by atoms with van der Waals surface area (Å²) in [5.74, 6) is -1.72. The van der Waals surface area contributed by atoms with E-state index in [1.165, 1.54) is 4.90 Å². The molecule has 0 radical (unpaired) electrons. The van der Waals surface area contributed by atoms with Crippen molar-refractivity contribution in [2.45, 2.75) is 12.1 Å². The summed E-state index contributed by atoms with van der Waals surface area (Å²) in [6.07, 6.45) is 3.82. The number of carbonyl (C=O) groups excluding carboxylic acids is 3. The smallest absolute Gasteiger partial charge is 0.240 e. The molecule has 2 saturated heterocycles. The summed E-state index contributed by atoms with van der Waals surface area (Å²) in [6.45, 7) is 0. The number of halogens is 1. The summed E-state index contributed by atoms with van der Waals surface area (Å²) in [6, 6.07) is 25.2. The lowest BCUT2D eigenvalue weighted by atomic mass is 9.83. The Balaban J connectivity index is 1.36. The molecule has 0 unspecified atom stereocenters. The minimum Gasteiger partial charge on any atom is -0.496 e. The highest BCUT2D eigenvalue weighted by Gasteiger charge is 2.64. The molecule has 3 heterocycles. The lowest BCUT2D eigenvalue weighted by Crippen LogP contribution is -2.44. The van der Waals surface area contributed by atoms with Gasteiger partial charge in [-0.3, -0.25) is 14.4 Å². The van der Waals surface area contributed by atoms with Crippen LogP contribution in [0.1, 0.15) is 27.5 Å². The number of fused-ring (bicyclic) bond motifs is 6. The van der Waals surface area contributed by atoms with Crippen molar-refractivity contribution < 1.29 is 19.1 Å². The minimum atomic E-state index is -0.827. The molecule has 2 amide bonds. The SMILES string of the molecule is COc1ccc(C(=O)[C@H]2[C@@H]3C(=O)N(c4ccc5ccccc5c4)C(=O)[C@@H]3[C@H]3c4ccccc4C=CN32)cc1Br. The van der Waals surface area contributed by atoms with Crippen molar-refractivity contribution in [3.8, 4) is 5.75 Å². The summed E-state index contributed by atoms with van der Waals surface area (Å²) in [4.78, 5) is 45.7. The summed E-state index contributed by atoms with van der Waals surface area (Å²) in [7, 11) is 1.56. The average molecular weight is 579 g/mol. The highest BCUT2D eigenvalue weighted by Crippen LogP contribution is 2.54. The number of hydrogen-bond acceptors (Lipinski definition) is 5. The van der Waals surface area contributed by atoms with Gasteiger partial charge >= 0.3 is 0 Å². The molecule has 0 aliphatic carbocycles. The van der Waals surface area contributed by atoms with Gasteiger partial charge in [-0.25, -0.2) is 4.90 Å². The van der Waals surface area contributed by atoms with Gasteiger partial charge in [0.1, 0.15) is 11.8 Å². The number of imide groups is 1. The largest absolute Gasteiger partial charge is 0.496 e. The first-order valence-electron chi connectivity index (χ1n) is 12.8. The Labute approximate surface area is 233 Å². The third kappa shape index (κ3) is 3.49. The van der Waals surface area contributed by atoms with Crippen LogP contribution in [0.25, 0.3) is 16.8 Å². The highest BCUT2D eigenvalue weighted by molar-refractivity contribution is 9.10. The Morgan fingerprint density at radius 1 is 0.846 bits per heavy atom. The zero-order valence-corrected chi connectivity index (χ0v) is 22.5. The first kappa shape index (κ1) is 23.9. The number of Topliss-reactive ketones (excluding diaryl/α,β-unsaturated/α-hetero) is 1. The number of methoxy groups -OCH3 is 1. The quantitative estimate of drug-likeness (QED) is 0.219. The van der Waals surface area contributed by atoms with Crippen molar-refractivity contribution in [1.82, 2.24) is 4.90 Å². The van der Waals surface area contributed by atoms with Crippen LogP contribution in [0.5, 0.6) is 5.75 Å². The van der Waals surface area contributed by atoms with Gasteiger partial charge in [-0.15, -0.1) is 0 Å². The molecule has 6 nitrogen and oxygen atoms in total. The van der Waals surface area contributed by atoms with Crippen LogP contribution in [-0.2, 0) is 9.59 Å². The van der Waals surface area contributed by atoms with Crippen LogP contribution >= 0.6 is 15.9 Å². The molecule has 0 aromatic heterocycles. The van der Waals surface area contributed by atoms with Crippen LogP contribution in [0.2, 0.25) is 0 Å². The van der Waals surface area contributed by atoms with Gasteiger partial charge in [0.05, 0.1) is 35.1 Å². The highest BCUT2D eigenvalue weighted by atomic mass is 79.9. The van der Waals surface area contributed by atoms with E-state index >= 15 is 0 Å². The Hall–Kier alpha value is -4.23. The van der Waals surface area contributed by atoms with Crippen molar-refractivity contribution in [3.63, 3.8) is 0 Å². The molecule has 0 spiro atoms. The second-order valence-corrected chi connectivity index (χ2v) is 10.9. The molecule has 0 N–H and O–H groups in total. The molecular formula is C32H23BrN2O4. The van der Waals surface area contributed by atoms with Gasteiger partial charge in [-0.05, 0) is 74.2 Å². The molecule has 2 fully saturated rings. The van der Waals surface area contributed by atoms with Crippen LogP contribution in [0.3, 0.4) is 0 Å². The Morgan fingerprint density at radius 2 is 1.59 bits per heavy atom. The van der Waals surface area contributed by atoms with Crippen molar-refractivity contribution in [3.05, 3.63) is 112 Å². The van der Waals surface area contributed by atoms with E-state index in [1.54, 1.807) is 25.3 Å². The van der Waals surface area contributed by atoms with E-state index in [-0.39, 0.29) is 17.6 Å². The number of benzene rings is 4. The van der Waals surface area contributed by atoms with E-state index in [9.17, 15) is 14.4 Å². The molecular weight excluding hydrogens is 556 g/mol. The normalized spacial score (nSPS) is 23.1. The van der Waals surface area contributed by atoms with Gasteiger partial charge in [0, 0.05) is 11.8 Å². The van der Waals surface area contributed by atoms with E-state index in [0.717, 1.165) is 21.9 Å². The zero-order chi connectivity index (χ0) is 26.8. The molecule has 7 rings (SSSR count). The van der Waals surface area contributed by atoms with Crippen molar-refractivity contribution in [1.29, 1.82) is 0 Å². The fourth-order valence-corrected chi connectivity index (χ4v) is 6.96. The number of rotatable bonds is 4. The first-order valence-corrected chi connectivity index (χ1v) is 13.6. The molecule has 0 saturated carbocycles. The number of hydrogen-bond donors (Lipinski definition) is 0. The number of ketones is 1. The third-order valence-electron chi connectivity index (χ3n) is 8.16. The fraction of sp³-hybridized carbons (Fsp3) is 0.156. The van der Waals surface area contributed by atoms with Crippen LogP contribution in [0.15, 0.2) is 95.6 Å². The van der Waals surface area contributed by atoms with Crippen molar-refractivity contribution >= 4 is 56.1 Å².